The van der Waals surface area contributed by atoms with Gasteiger partial charge in [-0.2, -0.15) is 0 Å². The highest BCUT2D eigenvalue weighted by atomic mass is 32.1. The summed E-state index contributed by atoms with van der Waals surface area (Å²) in [6.45, 7) is 4.30. The van der Waals surface area contributed by atoms with Crippen molar-refractivity contribution < 1.29 is 8.78 Å². The maximum Gasteiger partial charge on any atom is 0.191 e. The van der Waals surface area contributed by atoms with Crippen molar-refractivity contribution >= 4 is 28.1 Å². The second-order valence-electron chi connectivity index (χ2n) is 6.86. The molecule has 28 heavy (non-hydrogen) atoms. The summed E-state index contributed by atoms with van der Waals surface area (Å²) in [6.07, 6.45) is 0.777. The highest BCUT2D eigenvalue weighted by molar-refractivity contribution is 7.13. The fourth-order valence-electron chi connectivity index (χ4n) is 3.12. The van der Waals surface area contributed by atoms with E-state index in [1.807, 2.05) is 31.3 Å². The summed E-state index contributed by atoms with van der Waals surface area (Å²) in [5.41, 5.74) is 0.958. The van der Waals surface area contributed by atoms with Crippen molar-refractivity contribution in [2.75, 3.05) is 43.5 Å². The van der Waals surface area contributed by atoms with Crippen LogP contribution in [0.2, 0.25) is 0 Å². The smallest absolute Gasteiger partial charge is 0.191 e. The average molecular weight is 409 g/mol. The minimum Gasteiger partial charge on any atom is -0.365 e. The van der Waals surface area contributed by atoms with Gasteiger partial charge >= 0.3 is 0 Å². The molecule has 2 aromatic rings. The van der Waals surface area contributed by atoms with Crippen molar-refractivity contribution in [2.24, 2.45) is 4.99 Å². The first kappa shape index (κ1) is 20.3. The lowest BCUT2D eigenvalue weighted by atomic mass is 10.2. The molecular weight excluding hydrogens is 382 g/mol. The molecule has 1 saturated heterocycles. The molecule has 0 amide bonds. The van der Waals surface area contributed by atoms with Crippen molar-refractivity contribution in [3.63, 3.8) is 0 Å². The van der Waals surface area contributed by atoms with E-state index in [1.165, 1.54) is 18.2 Å². The molecule has 0 radical (unpaired) electrons. The van der Waals surface area contributed by atoms with E-state index >= 15 is 0 Å². The SMILES string of the molecule is CCNC(=NCc1csc(N(C)C)n1)NC1CCN(c2c(F)cccc2F)C1. The number of rotatable bonds is 6. The van der Waals surface area contributed by atoms with E-state index in [4.69, 9.17) is 0 Å². The zero-order valence-electron chi connectivity index (χ0n) is 16.4. The Labute approximate surface area is 168 Å². The van der Waals surface area contributed by atoms with Crippen LogP contribution in [-0.2, 0) is 6.54 Å². The van der Waals surface area contributed by atoms with Gasteiger partial charge in [-0.1, -0.05) is 6.07 Å². The molecule has 0 bridgehead atoms. The molecule has 1 aliphatic heterocycles. The highest BCUT2D eigenvalue weighted by Gasteiger charge is 2.27. The summed E-state index contributed by atoms with van der Waals surface area (Å²) in [4.78, 5) is 12.9. The molecule has 1 atom stereocenters. The van der Waals surface area contributed by atoms with Gasteiger partial charge in [0.15, 0.2) is 11.1 Å². The van der Waals surface area contributed by atoms with E-state index in [9.17, 15) is 8.78 Å². The number of thiazole rings is 1. The van der Waals surface area contributed by atoms with Gasteiger partial charge in [0.05, 0.1) is 12.2 Å². The Morgan fingerprint density at radius 3 is 2.75 bits per heavy atom. The molecule has 1 unspecified atom stereocenters. The number of hydrogen-bond donors (Lipinski definition) is 2. The van der Waals surface area contributed by atoms with Gasteiger partial charge < -0.3 is 20.4 Å². The third-order valence-corrected chi connectivity index (χ3v) is 5.51. The van der Waals surface area contributed by atoms with Crippen LogP contribution in [0.15, 0.2) is 28.6 Å². The molecule has 0 aliphatic carbocycles. The number of hydrogen-bond acceptors (Lipinski definition) is 5. The summed E-state index contributed by atoms with van der Waals surface area (Å²) in [6, 6.07) is 4.03. The van der Waals surface area contributed by atoms with Crippen LogP contribution in [0.5, 0.6) is 0 Å². The first-order chi connectivity index (χ1) is 13.5. The zero-order chi connectivity index (χ0) is 20.1. The third kappa shape index (κ3) is 4.89. The van der Waals surface area contributed by atoms with Crippen LogP contribution in [-0.4, -0.2) is 50.7 Å². The minimum absolute atomic E-state index is 0.0485. The second-order valence-corrected chi connectivity index (χ2v) is 7.69. The Morgan fingerprint density at radius 1 is 1.36 bits per heavy atom. The average Bonchev–Trinajstić information content (AvgIpc) is 3.29. The fraction of sp³-hybridized carbons (Fsp3) is 0.474. The predicted molar refractivity (Wildman–Crippen MR) is 111 cm³/mol. The quantitative estimate of drug-likeness (QED) is 0.569. The van der Waals surface area contributed by atoms with Crippen molar-refractivity contribution in [1.82, 2.24) is 15.6 Å². The molecule has 6 nitrogen and oxygen atoms in total. The van der Waals surface area contributed by atoms with Crippen LogP contribution in [0.3, 0.4) is 0 Å². The number of aliphatic imine (C=N–C) groups is 1. The first-order valence-corrected chi connectivity index (χ1v) is 10.2. The summed E-state index contributed by atoms with van der Waals surface area (Å²) in [5.74, 6) is -0.370. The molecule has 0 saturated carbocycles. The van der Waals surface area contributed by atoms with Crippen molar-refractivity contribution in [3.8, 4) is 0 Å². The molecule has 2 heterocycles. The topological polar surface area (TPSA) is 55.8 Å². The molecule has 1 fully saturated rings. The van der Waals surface area contributed by atoms with Crippen molar-refractivity contribution in [1.29, 1.82) is 0 Å². The van der Waals surface area contributed by atoms with Gasteiger partial charge in [0.25, 0.3) is 0 Å². The van der Waals surface area contributed by atoms with Crippen LogP contribution in [0, 0.1) is 11.6 Å². The van der Waals surface area contributed by atoms with Crippen LogP contribution in [0.1, 0.15) is 19.0 Å². The van der Waals surface area contributed by atoms with Crippen LogP contribution < -0.4 is 20.4 Å². The lowest BCUT2D eigenvalue weighted by Gasteiger charge is -2.21. The monoisotopic (exact) mass is 408 g/mol. The van der Waals surface area contributed by atoms with Gasteiger partial charge in [0, 0.05) is 45.2 Å². The number of benzene rings is 1. The lowest BCUT2D eigenvalue weighted by Crippen LogP contribution is -2.44. The van der Waals surface area contributed by atoms with Gasteiger partial charge in [0.2, 0.25) is 0 Å². The van der Waals surface area contributed by atoms with Crippen LogP contribution in [0.25, 0.3) is 0 Å². The second kappa shape index (κ2) is 9.18. The van der Waals surface area contributed by atoms with Crippen LogP contribution in [0.4, 0.5) is 19.6 Å². The van der Waals surface area contributed by atoms with Crippen LogP contribution >= 0.6 is 11.3 Å². The zero-order valence-corrected chi connectivity index (χ0v) is 17.2. The Hall–Kier alpha value is -2.42. The summed E-state index contributed by atoms with van der Waals surface area (Å²) < 4.78 is 28.1. The van der Waals surface area contributed by atoms with Gasteiger partial charge in [-0.25, -0.2) is 18.8 Å². The highest BCUT2D eigenvalue weighted by Crippen LogP contribution is 2.26. The lowest BCUT2D eigenvalue weighted by molar-refractivity contribution is 0.576. The number of nitrogens with zero attached hydrogens (tertiary/aromatic N) is 4. The molecule has 1 aromatic heterocycles. The molecule has 152 valence electrons. The number of para-hydroxylation sites is 1. The predicted octanol–water partition coefficient (Wildman–Crippen LogP) is 2.82. The van der Waals surface area contributed by atoms with Gasteiger partial charge in [0.1, 0.15) is 17.3 Å². The maximum atomic E-state index is 14.0. The van der Waals surface area contributed by atoms with E-state index in [0.29, 0.717) is 25.6 Å². The molecule has 2 N–H and O–H groups in total. The molecular formula is C19H26F2N6S. The first-order valence-electron chi connectivity index (χ1n) is 9.33. The molecule has 0 spiro atoms. The number of guanidine groups is 1. The summed E-state index contributed by atoms with van der Waals surface area (Å²) in [5, 5.41) is 9.54. The number of nitrogens with one attached hydrogen (secondary N) is 2. The Balaban J connectivity index is 1.62. The van der Waals surface area contributed by atoms with Gasteiger partial charge in [-0.15, -0.1) is 11.3 Å². The van der Waals surface area contributed by atoms with Crippen molar-refractivity contribution in [3.05, 3.63) is 40.9 Å². The largest absolute Gasteiger partial charge is 0.365 e. The van der Waals surface area contributed by atoms with Gasteiger partial charge in [-0.3, -0.25) is 0 Å². The molecule has 9 heteroatoms. The number of aromatic nitrogens is 1. The number of halogens is 2. The Bertz CT molecular complexity index is 802. The maximum absolute atomic E-state index is 14.0. The molecule has 1 aromatic carbocycles. The number of anilines is 2. The van der Waals surface area contributed by atoms with E-state index in [0.717, 1.165) is 23.8 Å². The minimum atomic E-state index is -0.526. The Kier molecular flexibility index (Phi) is 6.66. The van der Waals surface area contributed by atoms with E-state index in [2.05, 4.69) is 20.6 Å². The van der Waals surface area contributed by atoms with E-state index in [1.54, 1.807) is 16.2 Å². The van der Waals surface area contributed by atoms with E-state index < -0.39 is 11.6 Å². The third-order valence-electron chi connectivity index (χ3n) is 4.45. The summed E-state index contributed by atoms with van der Waals surface area (Å²) >= 11 is 1.58. The normalized spacial score (nSPS) is 17.1. The molecule has 1 aliphatic rings. The van der Waals surface area contributed by atoms with Crippen molar-refractivity contribution in [2.45, 2.75) is 25.9 Å². The van der Waals surface area contributed by atoms with E-state index in [-0.39, 0.29) is 11.7 Å². The fourth-order valence-corrected chi connectivity index (χ4v) is 3.87. The standard InChI is InChI=1S/C19H26F2N6S/c1-4-22-18(23-10-14-12-28-19(25-14)26(2)3)24-13-8-9-27(11-13)17-15(20)6-5-7-16(17)21/h5-7,12-13H,4,8-11H2,1-3H3,(H2,22,23,24). The van der Waals surface area contributed by atoms with Gasteiger partial charge in [-0.05, 0) is 25.5 Å². The molecule has 3 rings (SSSR count). The summed E-state index contributed by atoms with van der Waals surface area (Å²) in [7, 11) is 3.92. The Morgan fingerprint density at radius 2 is 2.11 bits per heavy atom.